The van der Waals surface area contributed by atoms with E-state index in [9.17, 15) is 0 Å². The van der Waals surface area contributed by atoms with Crippen LogP contribution in [0, 0.1) is 0 Å². The molecule has 1 aliphatic heterocycles. The summed E-state index contributed by atoms with van der Waals surface area (Å²) in [5, 5.41) is 3.31. The highest BCUT2D eigenvalue weighted by Gasteiger charge is 2.34. The van der Waals surface area contributed by atoms with E-state index in [-0.39, 0.29) is 5.54 Å². The molecule has 2 heterocycles. The second kappa shape index (κ2) is 6.08. The Hall–Kier alpha value is -0.160. The molecular weight excluding hydrogens is 278 g/mol. The number of likely N-dealkylation sites (N-methyl/N-ethyl adjacent to an activating group) is 1. The second-order valence-corrected chi connectivity index (χ2v) is 7.10. The van der Waals surface area contributed by atoms with Gasteiger partial charge in [0.25, 0.3) is 0 Å². The second-order valence-electron chi connectivity index (χ2n) is 5.94. The fourth-order valence-electron chi connectivity index (χ4n) is 2.67. The maximum absolute atomic E-state index is 5.86. The Labute approximate surface area is 125 Å². The summed E-state index contributed by atoms with van der Waals surface area (Å²) in [6.07, 6.45) is 1.11. The molecule has 1 atom stereocenters. The Morgan fingerprint density at radius 3 is 2.74 bits per heavy atom. The summed E-state index contributed by atoms with van der Waals surface area (Å²) >= 11 is 7.61. The van der Waals surface area contributed by atoms with Crippen molar-refractivity contribution in [1.29, 1.82) is 0 Å². The fourth-order valence-corrected chi connectivity index (χ4v) is 3.93. The molecule has 2 rings (SSSR count). The molecule has 1 unspecified atom stereocenters. The van der Waals surface area contributed by atoms with Gasteiger partial charge < -0.3 is 0 Å². The van der Waals surface area contributed by atoms with Gasteiger partial charge in [-0.2, -0.15) is 0 Å². The van der Waals surface area contributed by atoms with E-state index in [1.807, 2.05) is 0 Å². The lowest BCUT2D eigenvalue weighted by Crippen LogP contribution is -2.58. The molecule has 19 heavy (non-hydrogen) atoms. The van der Waals surface area contributed by atoms with E-state index < -0.39 is 0 Å². The van der Waals surface area contributed by atoms with Crippen LogP contribution in [0.25, 0.3) is 0 Å². The third kappa shape index (κ3) is 3.30. The van der Waals surface area contributed by atoms with Crippen LogP contribution in [-0.4, -0.2) is 47.0 Å². The summed E-state index contributed by atoms with van der Waals surface area (Å²) in [5.41, 5.74) is 1.24. The molecule has 1 fully saturated rings. The first-order valence-corrected chi connectivity index (χ1v) is 8.35. The Kier molecular flexibility index (Phi) is 4.88. The van der Waals surface area contributed by atoms with Crippen molar-refractivity contribution >= 4 is 22.9 Å². The van der Waals surface area contributed by atoms with Gasteiger partial charge in [-0.25, -0.2) is 4.98 Å². The zero-order chi connectivity index (χ0) is 14.0. The minimum Gasteiger partial charge on any atom is -0.299 e. The molecule has 0 bridgehead atoms. The highest BCUT2D eigenvalue weighted by atomic mass is 35.5. The van der Waals surface area contributed by atoms with Gasteiger partial charge in [0.2, 0.25) is 0 Å². The maximum Gasteiger partial charge on any atom is 0.110 e. The van der Waals surface area contributed by atoms with Crippen LogP contribution in [0.4, 0.5) is 0 Å². The fraction of sp³-hybridized carbons (Fsp3) is 0.786. The van der Waals surface area contributed by atoms with Crippen molar-refractivity contribution in [3.8, 4) is 0 Å². The number of hydrogen-bond acceptors (Lipinski definition) is 4. The molecule has 0 radical (unpaired) electrons. The van der Waals surface area contributed by atoms with Crippen LogP contribution < -0.4 is 0 Å². The van der Waals surface area contributed by atoms with Gasteiger partial charge >= 0.3 is 0 Å². The number of halogens is 1. The van der Waals surface area contributed by atoms with Crippen LogP contribution in [-0.2, 0) is 5.88 Å². The van der Waals surface area contributed by atoms with Crippen LogP contribution in [0.3, 0.4) is 0 Å². The van der Waals surface area contributed by atoms with Crippen LogP contribution in [0.2, 0.25) is 0 Å². The normalized spacial score (nSPS) is 22.6. The van der Waals surface area contributed by atoms with E-state index >= 15 is 0 Å². The molecule has 0 N–H and O–H groups in total. The number of piperazine rings is 1. The molecule has 3 nitrogen and oxygen atoms in total. The first kappa shape index (κ1) is 15.2. The Balaban J connectivity index is 2.14. The van der Waals surface area contributed by atoms with Gasteiger partial charge in [-0.15, -0.1) is 22.9 Å². The predicted octanol–water partition coefficient (Wildman–Crippen LogP) is 3.36. The summed E-state index contributed by atoms with van der Waals surface area (Å²) in [7, 11) is 2.22. The van der Waals surface area contributed by atoms with Gasteiger partial charge in [-0.3, -0.25) is 9.80 Å². The zero-order valence-corrected chi connectivity index (χ0v) is 13.9. The molecular formula is C14H24ClN3S. The quantitative estimate of drug-likeness (QED) is 0.795. The standard InChI is InChI=1S/C14H24ClN3S/c1-5-12(13-16-11(8-15)9-19-13)18-7-6-17(4)14(2,3)10-18/h9,12H,5-8,10H2,1-4H3. The van der Waals surface area contributed by atoms with Gasteiger partial charge in [0, 0.05) is 30.6 Å². The lowest BCUT2D eigenvalue weighted by atomic mass is 9.98. The lowest BCUT2D eigenvalue weighted by Gasteiger charge is -2.47. The topological polar surface area (TPSA) is 19.4 Å². The largest absolute Gasteiger partial charge is 0.299 e. The van der Waals surface area contributed by atoms with Crippen LogP contribution >= 0.6 is 22.9 Å². The Morgan fingerprint density at radius 2 is 2.21 bits per heavy atom. The van der Waals surface area contributed by atoms with Crippen molar-refractivity contribution in [2.75, 3.05) is 26.7 Å². The minimum atomic E-state index is 0.234. The van der Waals surface area contributed by atoms with E-state index in [0.717, 1.165) is 31.7 Å². The van der Waals surface area contributed by atoms with Crippen molar-refractivity contribution in [2.24, 2.45) is 0 Å². The van der Waals surface area contributed by atoms with Crippen molar-refractivity contribution in [2.45, 2.75) is 44.7 Å². The molecule has 0 saturated carbocycles. The molecule has 0 amide bonds. The number of nitrogens with zero attached hydrogens (tertiary/aromatic N) is 3. The number of rotatable bonds is 4. The molecule has 1 aromatic heterocycles. The summed E-state index contributed by atoms with van der Waals surface area (Å²) in [6.45, 7) is 10.2. The van der Waals surface area contributed by atoms with Crippen molar-refractivity contribution in [3.05, 3.63) is 16.1 Å². The number of hydrogen-bond donors (Lipinski definition) is 0. The molecule has 1 aromatic rings. The maximum atomic E-state index is 5.86. The predicted molar refractivity (Wildman–Crippen MR) is 83.0 cm³/mol. The number of aromatic nitrogens is 1. The smallest absolute Gasteiger partial charge is 0.110 e. The lowest BCUT2D eigenvalue weighted by molar-refractivity contribution is 0.0151. The molecule has 108 valence electrons. The van der Waals surface area contributed by atoms with Crippen molar-refractivity contribution in [3.63, 3.8) is 0 Å². The highest BCUT2D eigenvalue weighted by molar-refractivity contribution is 7.09. The highest BCUT2D eigenvalue weighted by Crippen LogP contribution is 2.31. The Morgan fingerprint density at radius 1 is 1.47 bits per heavy atom. The summed E-state index contributed by atoms with van der Waals surface area (Å²) in [4.78, 5) is 9.70. The summed E-state index contributed by atoms with van der Waals surface area (Å²) in [5.74, 6) is 0.515. The molecule has 0 spiro atoms. The van der Waals surface area contributed by atoms with E-state index in [4.69, 9.17) is 11.6 Å². The molecule has 5 heteroatoms. The van der Waals surface area contributed by atoms with Crippen LogP contribution in [0.1, 0.15) is 43.9 Å². The van der Waals surface area contributed by atoms with E-state index in [2.05, 4.69) is 48.0 Å². The van der Waals surface area contributed by atoms with Crippen LogP contribution in [0.5, 0.6) is 0 Å². The minimum absolute atomic E-state index is 0.234. The van der Waals surface area contributed by atoms with E-state index in [0.29, 0.717) is 11.9 Å². The Bertz CT molecular complexity index is 419. The van der Waals surface area contributed by atoms with E-state index in [1.54, 1.807) is 11.3 Å². The van der Waals surface area contributed by atoms with Gasteiger partial charge in [0.05, 0.1) is 17.6 Å². The SMILES string of the molecule is CCC(c1nc(CCl)cs1)N1CCN(C)C(C)(C)C1. The average Bonchev–Trinajstić information content (AvgIpc) is 2.83. The van der Waals surface area contributed by atoms with Gasteiger partial charge in [0.1, 0.15) is 5.01 Å². The molecule has 0 aromatic carbocycles. The van der Waals surface area contributed by atoms with Gasteiger partial charge in [0.15, 0.2) is 0 Å². The average molecular weight is 302 g/mol. The third-order valence-corrected chi connectivity index (χ3v) is 5.43. The summed E-state index contributed by atoms with van der Waals surface area (Å²) < 4.78 is 0. The first-order valence-electron chi connectivity index (χ1n) is 6.93. The van der Waals surface area contributed by atoms with Gasteiger partial charge in [-0.05, 0) is 27.3 Å². The number of thiazole rings is 1. The van der Waals surface area contributed by atoms with E-state index in [1.165, 1.54) is 5.01 Å². The third-order valence-electron chi connectivity index (χ3n) is 4.16. The van der Waals surface area contributed by atoms with Crippen molar-refractivity contribution in [1.82, 2.24) is 14.8 Å². The van der Waals surface area contributed by atoms with Crippen LogP contribution in [0.15, 0.2) is 5.38 Å². The number of alkyl halides is 1. The van der Waals surface area contributed by atoms with Crippen molar-refractivity contribution < 1.29 is 0 Å². The first-order chi connectivity index (χ1) is 8.97. The molecule has 1 aliphatic rings. The van der Waals surface area contributed by atoms with Gasteiger partial charge in [-0.1, -0.05) is 6.92 Å². The summed E-state index contributed by atoms with van der Waals surface area (Å²) in [6, 6.07) is 0.440. The zero-order valence-electron chi connectivity index (χ0n) is 12.3. The molecule has 0 aliphatic carbocycles. The monoisotopic (exact) mass is 301 g/mol. The molecule has 1 saturated heterocycles.